The van der Waals surface area contributed by atoms with E-state index in [-0.39, 0.29) is 6.17 Å². The van der Waals surface area contributed by atoms with E-state index in [1.165, 1.54) is 72.4 Å². The Balaban J connectivity index is 1.30. The average Bonchev–Trinajstić information content (AvgIpc) is 3.48. The number of hydrogen-bond donors (Lipinski definition) is 1. The van der Waals surface area contributed by atoms with Gasteiger partial charge >= 0.3 is 0 Å². The van der Waals surface area contributed by atoms with Gasteiger partial charge in [0.15, 0.2) is 0 Å². The van der Waals surface area contributed by atoms with Crippen molar-refractivity contribution in [2.24, 2.45) is 0 Å². The molecule has 0 amide bonds. The second-order valence-corrected chi connectivity index (χ2v) is 13.0. The van der Waals surface area contributed by atoms with Gasteiger partial charge in [-0.2, -0.15) is 0 Å². The van der Waals surface area contributed by atoms with Crippen molar-refractivity contribution >= 4 is 27.9 Å². The van der Waals surface area contributed by atoms with E-state index in [1.54, 1.807) is 0 Å². The quantitative estimate of drug-likeness (QED) is 0.207. The number of para-hydroxylation sites is 3. The lowest BCUT2D eigenvalue weighted by molar-refractivity contribution is 0.624. The fourth-order valence-electron chi connectivity index (χ4n) is 8.04. The van der Waals surface area contributed by atoms with Gasteiger partial charge in [0.2, 0.25) is 0 Å². The first-order valence-electron chi connectivity index (χ1n) is 17.2. The minimum Gasteiger partial charge on any atom is -0.367 e. The fraction of sp³-hybridized carbons (Fsp3) is 0.0213. The van der Waals surface area contributed by atoms with Crippen LogP contribution in [0.4, 0.5) is 11.4 Å². The zero-order valence-electron chi connectivity index (χ0n) is 27.4. The lowest BCUT2D eigenvalue weighted by Gasteiger charge is -2.39. The molecule has 50 heavy (non-hydrogen) atoms. The predicted octanol–water partition coefficient (Wildman–Crippen LogP) is 11.8. The van der Waals surface area contributed by atoms with E-state index in [2.05, 4.69) is 203 Å². The second kappa shape index (κ2) is 11.5. The summed E-state index contributed by atoms with van der Waals surface area (Å²) in [6.07, 6.45) is 2.06. The molecule has 0 aliphatic carbocycles. The summed E-state index contributed by atoms with van der Waals surface area (Å²) >= 11 is 0. The van der Waals surface area contributed by atoms with Crippen molar-refractivity contribution in [2.75, 3.05) is 4.90 Å². The third-order valence-electron chi connectivity index (χ3n) is 10.2. The van der Waals surface area contributed by atoms with Crippen molar-refractivity contribution in [2.45, 2.75) is 6.17 Å². The van der Waals surface area contributed by atoms with Gasteiger partial charge in [-0.15, -0.1) is 0 Å². The summed E-state index contributed by atoms with van der Waals surface area (Å²) in [4.78, 5) is 2.53. The summed E-state index contributed by atoms with van der Waals surface area (Å²) in [6.45, 7) is 0. The molecule has 3 heteroatoms. The van der Waals surface area contributed by atoms with E-state index in [9.17, 15) is 0 Å². The van der Waals surface area contributed by atoms with Gasteiger partial charge in [-0.05, 0) is 58.7 Å². The van der Waals surface area contributed by atoms with Crippen LogP contribution in [0.2, 0.25) is 0 Å². The topological polar surface area (TPSA) is 20.2 Å². The highest BCUT2D eigenvalue weighted by atomic mass is 15.3. The minimum absolute atomic E-state index is 0.151. The van der Waals surface area contributed by atoms with Crippen LogP contribution in [0.25, 0.3) is 55.7 Å². The standard InChI is InChI=1S/C47H33N3/c1-4-16-32(17-5-1)34-28-29-44-40(30-34)46-45(38-24-12-14-26-42(38)49(46)35-20-8-3-9-21-35)39-25-13-15-27-43(39)50(44)47-37-23-11-10-22-36(37)41(31-48-47)33-18-6-2-7-19-33/h1-31,47-48H. The summed E-state index contributed by atoms with van der Waals surface area (Å²) in [5.74, 6) is 0. The second-order valence-electron chi connectivity index (χ2n) is 13.0. The molecule has 10 rings (SSSR count). The molecule has 2 aliphatic heterocycles. The lowest BCUT2D eigenvalue weighted by atomic mass is 9.90. The van der Waals surface area contributed by atoms with Crippen molar-refractivity contribution < 1.29 is 0 Å². The monoisotopic (exact) mass is 639 g/mol. The number of nitrogens with one attached hydrogen (secondary N) is 1. The Bertz CT molecular complexity index is 2560. The molecule has 2 aliphatic rings. The predicted molar refractivity (Wildman–Crippen MR) is 208 cm³/mol. The van der Waals surface area contributed by atoms with Crippen LogP contribution in [-0.2, 0) is 0 Å². The molecule has 3 nitrogen and oxygen atoms in total. The largest absolute Gasteiger partial charge is 0.367 e. The Labute approximate surface area is 292 Å². The first-order chi connectivity index (χ1) is 24.8. The van der Waals surface area contributed by atoms with Crippen LogP contribution in [0.1, 0.15) is 22.9 Å². The Morgan fingerprint density at radius 2 is 1.08 bits per heavy atom. The molecule has 236 valence electrons. The SMILES string of the molecule is C1=C(c2ccccc2)c2ccccc2C(N2c3ccccc3-c3c(n(-c4ccccc4)c4ccccc34)-c3cc(-c4ccccc4)ccc32)N1. The number of hydrogen-bond acceptors (Lipinski definition) is 2. The molecule has 0 saturated carbocycles. The van der Waals surface area contributed by atoms with Crippen LogP contribution in [0.15, 0.2) is 188 Å². The van der Waals surface area contributed by atoms with Gasteiger partial charge in [-0.3, -0.25) is 0 Å². The molecule has 0 spiro atoms. The molecule has 0 saturated heterocycles. The van der Waals surface area contributed by atoms with Crippen LogP contribution in [-0.4, -0.2) is 4.57 Å². The summed E-state index contributed by atoms with van der Waals surface area (Å²) < 4.78 is 2.47. The van der Waals surface area contributed by atoms with Gasteiger partial charge in [0.05, 0.1) is 22.6 Å². The van der Waals surface area contributed by atoms with Crippen molar-refractivity contribution in [3.63, 3.8) is 0 Å². The maximum atomic E-state index is 3.91. The molecule has 1 unspecified atom stereocenters. The van der Waals surface area contributed by atoms with E-state index in [1.807, 2.05) is 0 Å². The number of aromatic nitrogens is 1. The Morgan fingerprint density at radius 1 is 0.460 bits per heavy atom. The van der Waals surface area contributed by atoms with Crippen molar-refractivity contribution in [1.29, 1.82) is 0 Å². The average molecular weight is 640 g/mol. The van der Waals surface area contributed by atoms with Gasteiger partial charge < -0.3 is 14.8 Å². The zero-order chi connectivity index (χ0) is 33.0. The normalized spacial score (nSPS) is 14.4. The number of anilines is 2. The van der Waals surface area contributed by atoms with E-state index >= 15 is 0 Å². The molecule has 7 aromatic carbocycles. The smallest absolute Gasteiger partial charge is 0.130 e. The molecule has 0 fully saturated rings. The molecule has 1 N–H and O–H groups in total. The molecular formula is C47H33N3. The molecule has 1 atom stereocenters. The van der Waals surface area contributed by atoms with Gasteiger partial charge in [0.25, 0.3) is 0 Å². The molecule has 8 aromatic rings. The number of rotatable bonds is 4. The molecule has 0 bridgehead atoms. The summed E-state index contributed by atoms with van der Waals surface area (Å²) in [5, 5.41) is 5.15. The minimum atomic E-state index is -0.151. The maximum absolute atomic E-state index is 3.91. The lowest BCUT2D eigenvalue weighted by Crippen LogP contribution is -2.36. The van der Waals surface area contributed by atoms with Crippen LogP contribution in [0.3, 0.4) is 0 Å². The maximum Gasteiger partial charge on any atom is 0.130 e. The third-order valence-corrected chi connectivity index (χ3v) is 10.2. The molecule has 3 heterocycles. The number of benzene rings is 7. The summed E-state index contributed by atoms with van der Waals surface area (Å²) in [7, 11) is 0. The summed E-state index contributed by atoms with van der Waals surface area (Å²) in [5.41, 5.74) is 16.8. The highest BCUT2D eigenvalue weighted by Gasteiger charge is 2.36. The Kier molecular flexibility index (Phi) is 6.56. The van der Waals surface area contributed by atoms with Crippen molar-refractivity contribution in [1.82, 2.24) is 9.88 Å². The third kappa shape index (κ3) is 4.37. The molecule has 0 radical (unpaired) electrons. The molecular weight excluding hydrogens is 607 g/mol. The van der Waals surface area contributed by atoms with E-state index < -0.39 is 0 Å². The number of fused-ring (bicyclic) bond motifs is 8. The highest BCUT2D eigenvalue weighted by Crippen LogP contribution is 2.55. The van der Waals surface area contributed by atoms with Crippen LogP contribution < -0.4 is 10.2 Å². The molecule has 1 aromatic heterocycles. The highest BCUT2D eigenvalue weighted by molar-refractivity contribution is 6.12. The fourth-order valence-corrected chi connectivity index (χ4v) is 8.04. The van der Waals surface area contributed by atoms with E-state index in [4.69, 9.17) is 0 Å². The van der Waals surface area contributed by atoms with Crippen molar-refractivity contribution in [3.8, 4) is 39.2 Å². The number of nitrogens with zero attached hydrogens (tertiary/aromatic N) is 2. The zero-order valence-corrected chi connectivity index (χ0v) is 27.4. The van der Waals surface area contributed by atoms with Gasteiger partial charge in [0, 0.05) is 45.1 Å². The van der Waals surface area contributed by atoms with E-state index in [0.29, 0.717) is 0 Å². The Morgan fingerprint density at radius 3 is 1.88 bits per heavy atom. The first-order valence-corrected chi connectivity index (χ1v) is 17.2. The van der Waals surface area contributed by atoms with Gasteiger partial charge in [0.1, 0.15) is 6.17 Å². The van der Waals surface area contributed by atoms with Gasteiger partial charge in [-0.25, -0.2) is 0 Å². The first kappa shape index (κ1) is 28.4. The Hall–Kier alpha value is -6.58. The van der Waals surface area contributed by atoms with Crippen LogP contribution >= 0.6 is 0 Å². The summed E-state index contributed by atoms with van der Waals surface area (Å²) in [6, 6.07) is 65.9. The van der Waals surface area contributed by atoms with Gasteiger partial charge in [-0.1, -0.05) is 146 Å². The van der Waals surface area contributed by atoms with Crippen molar-refractivity contribution in [3.05, 3.63) is 205 Å². The van der Waals surface area contributed by atoms with Crippen LogP contribution in [0, 0.1) is 0 Å². The van der Waals surface area contributed by atoms with E-state index in [0.717, 1.165) is 11.4 Å². The van der Waals surface area contributed by atoms with Crippen LogP contribution in [0.5, 0.6) is 0 Å².